The molecule has 3 aromatic carbocycles. The highest BCUT2D eigenvalue weighted by Gasteiger charge is 2.22. The summed E-state index contributed by atoms with van der Waals surface area (Å²) in [6, 6.07) is 16.6. The highest BCUT2D eigenvalue weighted by atomic mass is 16.5. The molecule has 7 heteroatoms. The Bertz CT molecular complexity index is 1350. The molecule has 0 aliphatic rings. The lowest BCUT2D eigenvalue weighted by molar-refractivity contribution is 0.0593. The van der Waals surface area contributed by atoms with Gasteiger partial charge < -0.3 is 18.6 Å². The van der Waals surface area contributed by atoms with Crippen LogP contribution in [0.2, 0.25) is 0 Å². The molecule has 30 heavy (non-hydrogen) atoms. The summed E-state index contributed by atoms with van der Waals surface area (Å²) in [5, 5.41) is 1.81. The zero-order valence-electron chi connectivity index (χ0n) is 16.1. The van der Waals surface area contributed by atoms with Crippen LogP contribution in [0.4, 0.5) is 0 Å². The molecule has 0 atom stereocenters. The second-order valence-corrected chi connectivity index (χ2v) is 6.40. The second-order valence-electron chi connectivity index (χ2n) is 6.40. The average Bonchev–Trinajstić information content (AvgIpc) is 2.77. The van der Waals surface area contributed by atoms with Crippen molar-refractivity contribution in [2.75, 3.05) is 14.2 Å². The van der Waals surface area contributed by atoms with Crippen LogP contribution >= 0.6 is 0 Å². The first kappa shape index (κ1) is 19.2. The Morgan fingerprint density at radius 2 is 1.60 bits per heavy atom. The van der Waals surface area contributed by atoms with Gasteiger partial charge in [-0.3, -0.25) is 0 Å². The fraction of sp³-hybridized carbons (Fsp3) is 0.0870. The summed E-state index contributed by atoms with van der Waals surface area (Å²) in [4.78, 5) is 37.4. The van der Waals surface area contributed by atoms with E-state index in [1.165, 1.54) is 26.4 Å². The number of ether oxygens (including phenoxy) is 3. The van der Waals surface area contributed by atoms with E-state index in [9.17, 15) is 14.4 Å². The molecule has 0 aliphatic carbocycles. The first-order chi connectivity index (χ1) is 14.5. The molecule has 0 amide bonds. The van der Waals surface area contributed by atoms with Crippen LogP contribution in [0, 0.1) is 0 Å². The summed E-state index contributed by atoms with van der Waals surface area (Å²) in [6.07, 6.45) is 0. The Morgan fingerprint density at radius 1 is 0.833 bits per heavy atom. The first-order valence-corrected chi connectivity index (χ1v) is 8.96. The van der Waals surface area contributed by atoms with Gasteiger partial charge in [-0.25, -0.2) is 14.4 Å². The van der Waals surface area contributed by atoms with E-state index >= 15 is 0 Å². The molecule has 0 bridgehead atoms. The predicted molar refractivity (Wildman–Crippen MR) is 109 cm³/mol. The van der Waals surface area contributed by atoms with Gasteiger partial charge in [-0.1, -0.05) is 30.3 Å². The molecule has 0 spiro atoms. The number of hydrogen-bond acceptors (Lipinski definition) is 7. The number of rotatable bonds is 4. The van der Waals surface area contributed by atoms with Gasteiger partial charge in [-0.2, -0.15) is 0 Å². The molecule has 1 heterocycles. The molecule has 0 fully saturated rings. The van der Waals surface area contributed by atoms with Crippen LogP contribution in [-0.4, -0.2) is 26.2 Å². The van der Waals surface area contributed by atoms with Crippen molar-refractivity contribution in [2.24, 2.45) is 0 Å². The van der Waals surface area contributed by atoms with Crippen molar-refractivity contribution in [1.82, 2.24) is 0 Å². The Morgan fingerprint density at radius 3 is 2.37 bits per heavy atom. The number of fused-ring (bicyclic) bond motifs is 2. The third kappa shape index (κ3) is 3.37. The van der Waals surface area contributed by atoms with Crippen molar-refractivity contribution in [2.45, 2.75) is 0 Å². The van der Waals surface area contributed by atoms with Gasteiger partial charge >= 0.3 is 17.6 Å². The molecule has 0 aliphatic heterocycles. The monoisotopic (exact) mass is 404 g/mol. The van der Waals surface area contributed by atoms with Crippen LogP contribution < -0.4 is 15.1 Å². The van der Waals surface area contributed by atoms with Crippen molar-refractivity contribution in [3.8, 4) is 11.5 Å². The quantitative estimate of drug-likeness (QED) is 0.289. The molecule has 0 unspecified atom stereocenters. The Kier molecular flexibility index (Phi) is 4.93. The number of benzene rings is 3. The maximum absolute atomic E-state index is 12.8. The lowest BCUT2D eigenvalue weighted by Gasteiger charge is -2.12. The molecule has 150 valence electrons. The van der Waals surface area contributed by atoms with Crippen LogP contribution in [0.3, 0.4) is 0 Å². The first-order valence-electron chi connectivity index (χ1n) is 8.96. The number of carbonyl (C=O) groups excluding carboxylic acids is 2. The van der Waals surface area contributed by atoms with Gasteiger partial charge in [0.15, 0.2) is 5.75 Å². The van der Waals surface area contributed by atoms with Gasteiger partial charge in [0, 0.05) is 16.8 Å². The van der Waals surface area contributed by atoms with Gasteiger partial charge in [0.05, 0.1) is 14.2 Å². The van der Waals surface area contributed by atoms with E-state index in [1.54, 1.807) is 36.4 Å². The molecule has 0 N–H and O–H groups in total. The normalized spacial score (nSPS) is 10.7. The molecular weight excluding hydrogens is 388 g/mol. The fourth-order valence-corrected chi connectivity index (χ4v) is 3.13. The van der Waals surface area contributed by atoms with Crippen LogP contribution in [0.15, 0.2) is 69.9 Å². The molecule has 0 radical (unpaired) electrons. The lowest BCUT2D eigenvalue weighted by Crippen LogP contribution is -2.20. The molecule has 1 aromatic heterocycles. The van der Waals surface area contributed by atoms with E-state index in [-0.39, 0.29) is 22.5 Å². The van der Waals surface area contributed by atoms with Gasteiger partial charge in [0.2, 0.25) is 0 Å². The summed E-state index contributed by atoms with van der Waals surface area (Å²) in [5.41, 5.74) is -0.812. The van der Waals surface area contributed by atoms with Crippen LogP contribution in [-0.2, 0) is 4.74 Å². The van der Waals surface area contributed by atoms with Crippen molar-refractivity contribution in [1.29, 1.82) is 0 Å². The molecular formula is C23H16O7. The number of hydrogen-bond donors (Lipinski definition) is 0. The van der Waals surface area contributed by atoms with Crippen LogP contribution in [0.5, 0.6) is 11.5 Å². The minimum atomic E-state index is -0.942. The third-order valence-electron chi connectivity index (χ3n) is 4.64. The van der Waals surface area contributed by atoms with E-state index in [0.717, 1.165) is 5.39 Å². The molecule has 7 nitrogen and oxygen atoms in total. The smallest absolute Gasteiger partial charge is 0.351 e. The Hall–Kier alpha value is -4.13. The fourth-order valence-electron chi connectivity index (χ4n) is 3.13. The van der Waals surface area contributed by atoms with E-state index in [2.05, 4.69) is 0 Å². The van der Waals surface area contributed by atoms with Gasteiger partial charge in [0.25, 0.3) is 0 Å². The Balaban J connectivity index is 1.81. The summed E-state index contributed by atoms with van der Waals surface area (Å²) in [5.74, 6) is -1.08. The lowest BCUT2D eigenvalue weighted by atomic mass is 10.1. The number of carbonyl (C=O) groups is 2. The number of methoxy groups -OCH3 is 2. The second kappa shape index (κ2) is 7.71. The van der Waals surface area contributed by atoms with Crippen molar-refractivity contribution in [3.05, 3.63) is 82.2 Å². The maximum Gasteiger partial charge on any atom is 0.351 e. The SMILES string of the molecule is COC(=O)c1ccc2ccccc2c1OC(=O)c1cc2ccc(OC)cc2oc1=O. The maximum atomic E-state index is 12.8. The van der Waals surface area contributed by atoms with E-state index in [4.69, 9.17) is 18.6 Å². The van der Waals surface area contributed by atoms with Crippen molar-refractivity contribution < 1.29 is 28.2 Å². The molecule has 0 saturated heterocycles. The topological polar surface area (TPSA) is 92.0 Å². The molecule has 4 aromatic rings. The minimum absolute atomic E-state index is 0.0131. The van der Waals surface area contributed by atoms with E-state index in [0.29, 0.717) is 16.5 Å². The van der Waals surface area contributed by atoms with Gasteiger partial charge in [-0.05, 0) is 29.7 Å². The third-order valence-corrected chi connectivity index (χ3v) is 4.64. The zero-order valence-corrected chi connectivity index (χ0v) is 16.1. The minimum Gasteiger partial charge on any atom is -0.497 e. The van der Waals surface area contributed by atoms with Gasteiger partial charge in [0.1, 0.15) is 22.5 Å². The van der Waals surface area contributed by atoms with Crippen molar-refractivity contribution in [3.63, 3.8) is 0 Å². The summed E-state index contributed by atoms with van der Waals surface area (Å²) >= 11 is 0. The molecule has 4 rings (SSSR count). The standard InChI is InChI=1S/C23H16O7/c1-27-15-9-7-14-11-18(22(25)29-19(14)12-15)23(26)30-20-16-6-4-3-5-13(16)8-10-17(20)21(24)28-2/h3-12H,1-2H3. The highest BCUT2D eigenvalue weighted by Crippen LogP contribution is 2.31. The summed E-state index contributed by atoms with van der Waals surface area (Å²) in [6.45, 7) is 0. The van der Waals surface area contributed by atoms with Crippen LogP contribution in [0.25, 0.3) is 21.7 Å². The van der Waals surface area contributed by atoms with E-state index < -0.39 is 17.6 Å². The predicted octanol–water partition coefficient (Wildman–Crippen LogP) is 3.96. The average molecular weight is 404 g/mol. The highest BCUT2D eigenvalue weighted by molar-refractivity contribution is 6.04. The summed E-state index contributed by atoms with van der Waals surface area (Å²) < 4.78 is 20.7. The van der Waals surface area contributed by atoms with Crippen LogP contribution in [0.1, 0.15) is 20.7 Å². The Labute approximate surface area is 170 Å². The molecule has 0 saturated carbocycles. The summed E-state index contributed by atoms with van der Waals surface area (Å²) in [7, 11) is 2.73. The van der Waals surface area contributed by atoms with Crippen molar-refractivity contribution >= 4 is 33.7 Å². The number of esters is 2. The van der Waals surface area contributed by atoms with Gasteiger partial charge in [-0.15, -0.1) is 0 Å². The van der Waals surface area contributed by atoms with E-state index in [1.807, 2.05) is 12.1 Å². The largest absolute Gasteiger partial charge is 0.497 e. The zero-order chi connectivity index (χ0) is 21.3.